The van der Waals surface area contributed by atoms with Crippen molar-refractivity contribution in [3.05, 3.63) is 16.6 Å². The Kier molecular flexibility index (Phi) is 5.84. The van der Waals surface area contributed by atoms with E-state index >= 15 is 0 Å². The Bertz CT molecular complexity index is 456. The summed E-state index contributed by atoms with van der Waals surface area (Å²) in [5.74, 6) is 0.330. The predicted octanol–water partition coefficient (Wildman–Crippen LogP) is 3.46. The zero-order valence-electron chi connectivity index (χ0n) is 13.4. The zero-order valence-corrected chi connectivity index (χ0v) is 14.2. The van der Waals surface area contributed by atoms with Crippen molar-refractivity contribution in [2.45, 2.75) is 57.4 Å². The van der Waals surface area contributed by atoms with E-state index < -0.39 is 0 Å². The molecule has 0 bridgehead atoms. The quantitative estimate of drug-likeness (QED) is 0.833. The van der Waals surface area contributed by atoms with Crippen LogP contribution in [0.15, 0.2) is 11.6 Å². The van der Waals surface area contributed by atoms with Gasteiger partial charge in [-0.05, 0) is 58.2 Å². The number of likely N-dealkylation sites (tertiary alicyclic amines) is 2. The molecule has 3 rings (SSSR count). The molecule has 3 heterocycles. The van der Waals surface area contributed by atoms with Crippen LogP contribution >= 0.6 is 11.3 Å². The lowest BCUT2D eigenvalue weighted by molar-refractivity contribution is -0.135. The summed E-state index contributed by atoms with van der Waals surface area (Å²) in [6.07, 6.45) is 11.0. The van der Waals surface area contributed by atoms with Crippen molar-refractivity contribution in [1.29, 1.82) is 0 Å². The number of piperidine rings is 2. The summed E-state index contributed by atoms with van der Waals surface area (Å²) < 4.78 is 0. The molecule has 0 saturated carbocycles. The average Bonchev–Trinajstić information content (AvgIpc) is 3.10. The van der Waals surface area contributed by atoms with Gasteiger partial charge in [0.1, 0.15) is 5.01 Å². The van der Waals surface area contributed by atoms with Crippen LogP contribution in [0.5, 0.6) is 0 Å². The molecule has 1 amide bonds. The van der Waals surface area contributed by atoms with E-state index in [0.29, 0.717) is 12.3 Å². The minimum atomic E-state index is 0.233. The predicted molar refractivity (Wildman–Crippen MR) is 89.9 cm³/mol. The van der Waals surface area contributed by atoms with E-state index in [4.69, 9.17) is 0 Å². The van der Waals surface area contributed by atoms with Crippen LogP contribution in [0.4, 0.5) is 0 Å². The van der Waals surface area contributed by atoms with Crippen LogP contribution in [0.1, 0.15) is 62.4 Å². The summed E-state index contributed by atoms with van der Waals surface area (Å²) >= 11 is 1.68. The number of hydrogen-bond donors (Lipinski definition) is 0. The van der Waals surface area contributed by atoms with Gasteiger partial charge in [-0.25, -0.2) is 4.98 Å². The topological polar surface area (TPSA) is 36.4 Å². The van der Waals surface area contributed by atoms with Gasteiger partial charge in [0.25, 0.3) is 0 Å². The van der Waals surface area contributed by atoms with E-state index in [9.17, 15) is 4.79 Å². The molecule has 4 nitrogen and oxygen atoms in total. The van der Waals surface area contributed by atoms with Crippen molar-refractivity contribution in [3.8, 4) is 0 Å². The molecule has 1 aromatic rings. The lowest BCUT2D eigenvalue weighted by Gasteiger charge is -2.35. The van der Waals surface area contributed by atoms with Gasteiger partial charge < -0.3 is 9.80 Å². The van der Waals surface area contributed by atoms with Crippen molar-refractivity contribution in [1.82, 2.24) is 14.8 Å². The monoisotopic (exact) mass is 321 g/mol. The standard InChI is InChI=1S/C17H27N3OS/c21-16(8-6-12-19-10-3-1-4-11-19)20-13-5-2-7-15(20)17-18-9-14-22-17/h9,14-15H,1-8,10-13H2/t15-/m0/s1. The highest BCUT2D eigenvalue weighted by atomic mass is 32.1. The molecule has 0 spiro atoms. The molecule has 0 aromatic carbocycles. The Morgan fingerprint density at radius 1 is 1.18 bits per heavy atom. The smallest absolute Gasteiger partial charge is 0.223 e. The highest BCUT2D eigenvalue weighted by Crippen LogP contribution is 2.32. The third-order valence-corrected chi connectivity index (χ3v) is 5.75. The summed E-state index contributed by atoms with van der Waals surface area (Å²) in [4.78, 5) is 21.7. The van der Waals surface area contributed by atoms with Gasteiger partial charge in [0.2, 0.25) is 5.91 Å². The average molecular weight is 321 g/mol. The van der Waals surface area contributed by atoms with Gasteiger partial charge >= 0.3 is 0 Å². The Balaban J connectivity index is 1.49. The molecule has 22 heavy (non-hydrogen) atoms. The number of carbonyl (C=O) groups is 1. The molecule has 1 aromatic heterocycles. The van der Waals surface area contributed by atoms with Crippen LogP contribution in [-0.4, -0.2) is 46.9 Å². The fourth-order valence-electron chi connectivity index (χ4n) is 3.67. The lowest BCUT2D eigenvalue weighted by Crippen LogP contribution is -2.39. The van der Waals surface area contributed by atoms with Crippen LogP contribution in [0.3, 0.4) is 0 Å². The fraction of sp³-hybridized carbons (Fsp3) is 0.765. The van der Waals surface area contributed by atoms with Crippen LogP contribution in [0.2, 0.25) is 0 Å². The zero-order chi connectivity index (χ0) is 15.2. The maximum absolute atomic E-state index is 12.6. The summed E-state index contributed by atoms with van der Waals surface area (Å²) in [6, 6.07) is 0.233. The second kappa shape index (κ2) is 8.06. The van der Waals surface area contributed by atoms with Crippen LogP contribution in [0, 0.1) is 0 Å². The summed E-state index contributed by atoms with van der Waals surface area (Å²) in [5.41, 5.74) is 0. The summed E-state index contributed by atoms with van der Waals surface area (Å²) in [7, 11) is 0. The third kappa shape index (κ3) is 4.07. The van der Waals surface area contributed by atoms with Gasteiger partial charge in [0.15, 0.2) is 0 Å². The molecule has 2 fully saturated rings. The minimum Gasteiger partial charge on any atom is -0.333 e. The Morgan fingerprint density at radius 3 is 2.77 bits per heavy atom. The Labute approximate surface area is 137 Å². The number of carbonyl (C=O) groups excluding carboxylic acids is 1. The highest BCUT2D eigenvalue weighted by molar-refractivity contribution is 7.09. The first kappa shape index (κ1) is 15.9. The largest absolute Gasteiger partial charge is 0.333 e. The van der Waals surface area contributed by atoms with E-state index in [-0.39, 0.29) is 6.04 Å². The van der Waals surface area contributed by atoms with E-state index in [2.05, 4.69) is 14.8 Å². The first-order chi connectivity index (χ1) is 10.8. The van der Waals surface area contributed by atoms with Crippen molar-refractivity contribution in [2.24, 2.45) is 0 Å². The maximum atomic E-state index is 12.6. The molecule has 2 aliphatic heterocycles. The van der Waals surface area contributed by atoms with Crippen molar-refractivity contribution < 1.29 is 4.79 Å². The molecule has 2 aliphatic rings. The highest BCUT2D eigenvalue weighted by Gasteiger charge is 2.29. The molecule has 0 N–H and O–H groups in total. The first-order valence-corrected chi connectivity index (χ1v) is 9.64. The number of nitrogens with zero attached hydrogens (tertiary/aromatic N) is 3. The number of aromatic nitrogens is 1. The van der Waals surface area contributed by atoms with E-state index in [1.165, 1.54) is 38.8 Å². The van der Waals surface area contributed by atoms with Gasteiger partial charge in [-0.15, -0.1) is 11.3 Å². The molecular weight excluding hydrogens is 294 g/mol. The number of amides is 1. The van der Waals surface area contributed by atoms with Crippen molar-refractivity contribution in [3.63, 3.8) is 0 Å². The van der Waals surface area contributed by atoms with E-state index in [1.807, 2.05) is 11.6 Å². The molecule has 5 heteroatoms. The molecule has 1 atom stereocenters. The van der Waals surface area contributed by atoms with Crippen molar-refractivity contribution >= 4 is 17.2 Å². The number of thiazole rings is 1. The molecule has 2 saturated heterocycles. The fourth-order valence-corrected chi connectivity index (χ4v) is 4.45. The summed E-state index contributed by atoms with van der Waals surface area (Å²) in [5, 5.41) is 3.13. The molecule has 0 aliphatic carbocycles. The lowest BCUT2D eigenvalue weighted by atomic mass is 10.0. The molecule has 0 unspecified atom stereocenters. The van der Waals surface area contributed by atoms with Crippen molar-refractivity contribution in [2.75, 3.05) is 26.2 Å². The van der Waals surface area contributed by atoms with E-state index in [0.717, 1.165) is 37.4 Å². The van der Waals surface area contributed by atoms with Crippen LogP contribution in [-0.2, 0) is 4.79 Å². The van der Waals surface area contributed by atoms with Gasteiger partial charge in [-0.2, -0.15) is 0 Å². The van der Waals surface area contributed by atoms with Gasteiger partial charge in [0, 0.05) is 24.5 Å². The van der Waals surface area contributed by atoms with Crippen LogP contribution < -0.4 is 0 Å². The molecule has 0 radical (unpaired) electrons. The molecular formula is C17H27N3OS. The van der Waals surface area contributed by atoms with Gasteiger partial charge in [-0.3, -0.25) is 4.79 Å². The Morgan fingerprint density at radius 2 is 2.00 bits per heavy atom. The third-order valence-electron chi connectivity index (χ3n) is 4.87. The number of rotatable bonds is 5. The normalized spacial score (nSPS) is 23.6. The second-order valence-corrected chi connectivity index (χ2v) is 7.40. The second-order valence-electron chi connectivity index (χ2n) is 6.47. The van der Waals surface area contributed by atoms with Crippen LogP contribution in [0.25, 0.3) is 0 Å². The van der Waals surface area contributed by atoms with Gasteiger partial charge in [0.05, 0.1) is 6.04 Å². The maximum Gasteiger partial charge on any atom is 0.223 e. The Hall–Kier alpha value is -0.940. The molecule has 122 valence electrons. The number of hydrogen-bond acceptors (Lipinski definition) is 4. The SMILES string of the molecule is O=C(CCCN1CCCCC1)N1CCCC[C@H]1c1nccs1. The minimum absolute atomic E-state index is 0.233. The first-order valence-electron chi connectivity index (χ1n) is 8.76. The summed E-state index contributed by atoms with van der Waals surface area (Å²) in [6.45, 7) is 4.44. The van der Waals surface area contributed by atoms with E-state index in [1.54, 1.807) is 11.3 Å². The van der Waals surface area contributed by atoms with Gasteiger partial charge in [-0.1, -0.05) is 6.42 Å².